The average molecular weight is 249 g/mol. The molecule has 1 fully saturated rings. The molecule has 0 bridgehead atoms. The normalized spacial score (nSPS) is 17.9. The third-order valence-electron chi connectivity index (χ3n) is 3.94. The number of aromatic nitrogens is 1. The van der Waals surface area contributed by atoms with Crippen LogP contribution in [-0.2, 0) is 6.54 Å². The molecule has 1 aliphatic carbocycles. The van der Waals surface area contributed by atoms with E-state index in [-0.39, 0.29) is 11.9 Å². The van der Waals surface area contributed by atoms with Gasteiger partial charge in [0.2, 0.25) is 0 Å². The smallest absolute Gasteiger partial charge is 0.268 e. The lowest BCUT2D eigenvalue weighted by molar-refractivity contribution is 0.0915. The molecule has 0 spiro atoms. The number of amides is 1. The second-order valence-electron chi connectivity index (χ2n) is 5.04. The van der Waals surface area contributed by atoms with E-state index in [2.05, 4.69) is 5.32 Å². The van der Waals surface area contributed by atoms with Crippen molar-refractivity contribution in [2.24, 2.45) is 11.7 Å². The molecule has 3 N–H and O–H groups in total. The maximum Gasteiger partial charge on any atom is 0.268 e. The molecule has 1 aromatic rings. The van der Waals surface area contributed by atoms with Gasteiger partial charge in [-0.15, -0.1) is 0 Å². The Morgan fingerprint density at radius 3 is 2.89 bits per heavy atom. The van der Waals surface area contributed by atoms with Gasteiger partial charge in [0, 0.05) is 25.3 Å². The zero-order chi connectivity index (χ0) is 13.0. The summed E-state index contributed by atoms with van der Waals surface area (Å²) >= 11 is 0. The highest BCUT2D eigenvalue weighted by Gasteiger charge is 2.26. The molecule has 1 aromatic heterocycles. The first-order valence-corrected chi connectivity index (χ1v) is 6.92. The Labute approximate surface area is 109 Å². The van der Waals surface area contributed by atoms with Gasteiger partial charge >= 0.3 is 0 Å². The minimum atomic E-state index is 0.00389. The quantitative estimate of drug-likeness (QED) is 0.835. The third kappa shape index (κ3) is 2.75. The molecule has 0 aromatic carbocycles. The molecule has 1 atom stereocenters. The summed E-state index contributed by atoms with van der Waals surface area (Å²) in [6.45, 7) is 3.38. The summed E-state index contributed by atoms with van der Waals surface area (Å²) in [5.74, 6) is 0.563. The number of carbonyl (C=O) groups excluding carboxylic acids is 1. The molecule has 18 heavy (non-hydrogen) atoms. The van der Waals surface area contributed by atoms with Crippen molar-refractivity contribution in [3.8, 4) is 0 Å². The van der Waals surface area contributed by atoms with Gasteiger partial charge < -0.3 is 15.6 Å². The maximum atomic E-state index is 12.2. The number of nitrogens with two attached hydrogens (primary N) is 1. The summed E-state index contributed by atoms with van der Waals surface area (Å²) in [6.07, 6.45) is 6.85. The predicted molar refractivity (Wildman–Crippen MR) is 72.4 cm³/mol. The Morgan fingerprint density at radius 1 is 1.56 bits per heavy atom. The number of nitrogens with zero attached hydrogens (tertiary/aromatic N) is 1. The van der Waals surface area contributed by atoms with E-state index < -0.39 is 0 Å². The Bertz CT molecular complexity index is 393. The highest BCUT2D eigenvalue weighted by molar-refractivity contribution is 5.93. The van der Waals surface area contributed by atoms with Gasteiger partial charge in [-0.3, -0.25) is 4.79 Å². The maximum absolute atomic E-state index is 12.2. The van der Waals surface area contributed by atoms with Crippen LogP contribution in [0.15, 0.2) is 18.3 Å². The van der Waals surface area contributed by atoms with Crippen LogP contribution in [0.4, 0.5) is 0 Å². The van der Waals surface area contributed by atoms with E-state index in [9.17, 15) is 4.79 Å². The van der Waals surface area contributed by atoms with Crippen molar-refractivity contribution in [3.05, 3.63) is 24.0 Å². The average Bonchev–Trinajstić information content (AvgIpc) is 3.05. The highest BCUT2D eigenvalue weighted by Crippen LogP contribution is 2.27. The fraction of sp³-hybridized carbons (Fsp3) is 0.643. The lowest BCUT2D eigenvalue weighted by Crippen LogP contribution is -2.45. The highest BCUT2D eigenvalue weighted by atomic mass is 16.2. The monoisotopic (exact) mass is 249 g/mol. The van der Waals surface area contributed by atoms with E-state index in [1.807, 2.05) is 29.8 Å². The minimum absolute atomic E-state index is 0.00389. The summed E-state index contributed by atoms with van der Waals surface area (Å²) < 4.78 is 1.96. The first-order valence-electron chi connectivity index (χ1n) is 6.92. The van der Waals surface area contributed by atoms with Gasteiger partial charge in [-0.25, -0.2) is 0 Å². The van der Waals surface area contributed by atoms with E-state index in [1.165, 1.54) is 25.7 Å². The van der Waals surface area contributed by atoms with E-state index >= 15 is 0 Å². The van der Waals surface area contributed by atoms with Gasteiger partial charge in [0.05, 0.1) is 0 Å². The van der Waals surface area contributed by atoms with Crippen molar-refractivity contribution in [2.45, 2.75) is 45.2 Å². The molecule has 0 aliphatic heterocycles. The van der Waals surface area contributed by atoms with E-state index in [0.29, 0.717) is 12.5 Å². The number of hydrogen-bond acceptors (Lipinski definition) is 2. The Kier molecular flexibility index (Phi) is 4.42. The second-order valence-corrected chi connectivity index (χ2v) is 5.04. The fourth-order valence-electron chi connectivity index (χ4n) is 2.87. The van der Waals surface area contributed by atoms with Crippen LogP contribution < -0.4 is 11.1 Å². The Hall–Kier alpha value is -1.29. The zero-order valence-corrected chi connectivity index (χ0v) is 11.1. The van der Waals surface area contributed by atoms with Crippen LogP contribution in [0.5, 0.6) is 0 Å². The van der Waals surface area contributed by atoms with Crippen molar-refractivity contribution in [1.29, 1.82) is 0 Å². The largest absolute Gasteiger partial charge is 0.346 e. The Balaban J connectivity index is 2.00. The lowest BCUT2D eigenvalue weighted by Gasteiger charge is -2.23. The van der Waals surface area contributed by atoms with Crippen LogP contribution in [0, 0.1) is 5.92 Å². The van der Waals surface area contributed by atoms with Crippen LogP contribution in [0.3, 0.4) is 0 Å². The van der Waals surface area contributed by atoms with Crippen molar-refractivity contribution in [3.63, 3.8) is 0 Å². The number of rotatable bonds is 5. The molecule has 100 valence electrons. The third-order valence-corrected chi connectivity index (χ3v) is 3.94. The van der Waals surface area contributed by atoms with Crippen molar-refractivity contribution >= 4 is 5.91 Å². The molecule has 1 heterocycles. The molecular weight excluding hydrogens is 226 g/mol. The number of hydrogen-bond donors (Lipinski definition) is 2. The van der Waals surface area contributed by atoms with Gasteiger partial charge in [0.1, 0.15) is 5.69 Å². The summed E-state index contributed by atoms with van der Waals surface area (Å²) in [4.78, 5) is 12.2. The number of aryl methyl sites for hydroxylation is 1. The van der Waals surface area contributed by atoms with Gasteiger partial charge in [0.15, 0.2) is 0 Å². The van der Waals surface area contributed by atoms with Crippen molar-refractivity contribution in [2.75, 3.05) is 6.54 Å². The molecule has 1 aliphatic rings. The fourth-order valence-corrected chi connectivity index (χ4v) is 2.87. The summed E-state index contributed by atoms with van der Waals surface area (Å²) in [5.41, 5.74) is 6.53. The zero-order valence-electron chi connectivity index (χ0n) is 11.1. The van der Waals surface area contributed by atoms with Crippen LogP contribution in [0.2, 0.25) is 0 Å². The molecule has 0 saturated heterocycles. The minimum Gasteiger partial charge on any atom is -0.346 e. The van der Waals surface area contributed by atoms with Gasteiger partial charge in [-0.1, -0.05) is 12.8 Å². The molecule has 4 nitrogen and oxygen atoms in total. The van der Waals surface area contributed by atoms with Crippen LogP contribution >= 0.6 is 0 Å². The Morgan fingerprint density at radius 2 is 2.28 bits per heavy atom. The first-order chi connectivity index (χ1) is 8.76. The standard InChI is InChI=1S/C14H23N3O/c1-2-17-9-5-8-13(17)14(18)16-12(10-15)11-6-3-4-7-11/h5,8-9,11-12H,2-4,6-7,10,15H2,1H3,(H,16,18). The second kappa shape index (κ2) is 6.05. The summed E-state index contributed by atoms with van der Waals surface area (Å²) in [5, 5.41) is 3.10. The van der Waals surface area contributed by atoms with Gasteiger partial charge in [-0.2, -0.15) is 0 Å². The van der Waals surface area contributed by atoms with E-state index in [4.69, 9.17) is 5.73 Å². The predicted octanol–water partition coefficient (Wildman–Crippen LogP) is 1.76. The molecule has 0 radical (unpaired) electrons. The summed E-state index contributed by atoms with van der Waals surface area (Å²) in [7, 11) is 0. The molecular formula is C14H23N3O. The molecule has 1 saturated carbocycles. The van der Waals surface area contributed by atoms with Gasteiger partial charge in [-0.05, 0) is 37.8 Å². The number of carbonyl (C=O) groups is 1. The molecule has 2 rings (SSSR count). The lowest BCUT2D eigenvalue weighted by atomic mass is 9.98. The molecule has 4 heteroatoms. The van der Waals surface area contributed by atoms with Crippen LogP contribution in [0.25, 0.3) is 0 Å². The molecule has 1 unspecified atom stereocenters. The SMILES string of the molecule is CCn1cccc1C(=O)NC(CN)C1CCCC1. The van der Waals surface area contributed by atoms with E-state index in [1.54, 1.807) is 0 Å². The van der Waals surface area contributed by atoms with Crippen molar-refractivity contribution in [1.82, 2.24) is 9.88 Å². The summed E-state index contributed by atoms with van der Waals surface area (Å²) in [6, 6.07) is 3.90. The van der Waals surface area contributed by atoms with Crippen LogP contribution in [0.1, 0.15) is 43.1 Å². The van der Waals surface area contributed by atoms with E-state index in [0.717, 1.165) is 12.2 Å². The van der Waals surface area contributed by atoms with Gasteiger partial charge in [0.25, 0.3) is 5.91 Å². The first kappa shape index (κ1) is 13.1. The van der Waals surface area contributed by atoms with Crippen LogP contribution in [-0.4, -0.2) is 23.1 Å². The molecule has 1 amide bonds. The van der Waals surface area contributed by atoms with Crippen molar-refractivity contribution < 1.29 is 4.79 Å². The topological polar surface area (TPSA) is 60.0 Å². The number of nitrogens with one attached hydrogen (secondary N) is 1.